The average Bonchev–Trinajstić information content (AvgIpc) is 3.24. The van der Waals surface area contributed by atoms with Gasteiger partial charge in [-0.3, -0.25) is 0 Å². The van der Waals surface area contributed by atoms with Crippen LogP contribution in [-0.2, 0) is 17.7 Å². The van der Waals surface area contributed by atoms with Crippen LogP contribution in [0.15, 0.2) is 10.4 Å². The van der Waals surface area contributed by atoms with Crippen LogP contribution in [0.25, 0.3) is 0 Å². The molecule has 0 radical (unpaired) electrons. The molecule has 7 heteroatoms. The molecule has 0 unspecified atom stereocenters. The number of guanidine groups is 1. The van der Waals surface area contributed by atoms with E-state index in [2.05, 4.69) is 46.5 Å². The zero-order chi connectivity index (χ0) is 15.8. The Bertz CT molecular complexity index is 476. The van der Waals surface area contributed by atoms with E-state index in [9.17, 15) is 0 Å². The van der Waals surface area contributed by atoms with E-state index in [-0.39, 0.29) is 24.0 Å². The van der Waals surface area contributed by atoms with Crippen molar-refractivity contribution in [2.24, 2.45) is 10.9 Å². The van der Waals surface area contributed by atoms with Crippen LogP contribution in [0.3, 0.4) is 0 Å². The first-order valence-corrected chi connectivity index (χ1v) is 9.11. The van der Waals surface area contributed by atoms with Crippen molar-refractivity contribution in [1.29, 1.82) is 0 Å². The number of hydrogen-bond donors (Lipinski definition) is 1. The lowest BCUT2D eigenvalue weighted by atomic mass is 10.4. The first-order chi connectivity index (χ1) is 10.7. The molecule has 0 atom stereocenters. The van der Waals surface area contributed by atoms with Gasteiger partial charge in [0.1, 0.15) is 0 Å². The predicted octanol–water partition coefficient (Wildman–Crippen LogP) is 3.15. The lowest BCUT2D eigenvalue weighted by Crippen LogP contribution is -2.40. The van der Waals surface area contributed by atoms with Crippen LogP contribution in [0.5, 0.6) is 0 Å². The highest BCUT2D eigenvalue weighted by Crippen LogP contribution is 2.28. The summed E-state index contributed by atoms with van der Waals surface area (Å²) in [5.41, 5.74) is 1.05. The van der Waals surface area contributed by atoms with E-state index in [4.69, 9.17) is 4.74 Å². The van der Waals surface area contributed by atoms with Gasteiger partial charge in [-0.25, -0.2) is 9.98 Å². The Balaban J connectivity index is 0.00000264. The highest BCUT2D eigenvalue weighted by molar-refractivity contribution is 14.0. The molecule has 2 rings (SSSR count). The molecule has 0 aromatic carbocycles. The summed E-state index contributed by atoms with van der Waals surface area (Å²) in [6.07, 6.45) is 3.67. The van der Waals surface area contributed by atoms with E-state index in [1.807, 2.05) is 0 Å². The molecule has 132 valence electrons. The molecule has 1 N–H and O–H groups in total. The molecule has 1 saturated carbocycles. The summed E-state index contributed by atoms with van der Waals surface area (Å²) in [4.78, 5) is 11.4. The van der Waals surface area contributed by atoms with Gasteiger partial charge in [0.2, 0.25) is 0 Å². The van der Waals surface area contributed by atoms with Gasteiger partial charge in [0, 0.05) is 32.1 Å². The number of likely N-dealkylation sites (N-methyl/N-ethyl adjacent to an activating group) is 1. The number of nitrogens with zero attached hydrogens (tertiary/aromatic N) is 3. The van der Waals surface area contributed by atoms with Gasteiger partial charge in [0.25, 0.3) is 0 Å². The fourth-order valence-electron chi connectivity index (χ4n) is 2.05. The molecule has 0 aliphatic heterocycles. The van der Waals surface area contributed by atoms with Gasteiger partial charge in [-0.15, -0.1) is 35.3 Å². The number of hydrogen-bond acceptors (Lipinski definition) is 4. The first-order valence-electron chi connectivity index (χ1n) is 8.23. The van der Waals surface area contributed by atoms with E-state index < -0.39 is 0 Å². The third-order valence-corrected chi connectivity index (χ3v) is 4.65. The standard InChI is InChI=1S/C16H28N4OS.HI/c1-4-15-19-14(12-22-15)10-18-16(17-5-2)20(3)8-9-21-11-13-6-7-13;/h12-13H,4-11H2,1-3H3,(H,17,18);1H. The van der Waals surface area contributed by atoms with E-state index >= 15 is 0 Å². The van der Waals surface area contributed by atoms with Crippen molar-refractivity contribution >= 4 is 41.3 Å². The molecular formula is C16H29IN4OS. The molecule has 0 saturated heterocycles. The molecule has 0 bridgehead atoms. The highest BCUT2D eigenvalue weighted by atomic mass is 127. The molecule has 5 nitrogen and oxygen atoms in total. The van der Waals surface area contributed by atoms with Crippen molar-refractivity contribution in [3.63, 3.8) is 0 Å². The molecular weight excluding hydrogens is 423 g/mol. The molecule has 0 spiro atoms. The van der Waals surface area contributed by atoms with E-state index in [1.54, 1.807) is 11.3 Å². The zero-order valence-corrected chi connectivity index (χ0v) is 17.5. The van der Waals surface area contributed by atoms with Crippen molar-refractivity contribution in [1.82, 2.24) is 15.2 Å². The minimum atomic E-state index is 0. The summed E-state index contributed by atoms with van der Waals surface area (Å²) in [7, 11) is 2.06. The van der Waals surface area contributed by atoms with Gasteiger partial charge in [-0.1, -0.05) is 6.92 Å². The van der Waals surface area contributed by atoms with Crippen LogP contribution in [0.2, 0.25) is 0 Å². The van der Waals surface area contributed by atoms with Crippen molar-refractivity contribution in [2.45, 2.75) is 39.7 Å². The predicted molar refractivity (Wildman–Crippen MR) is 108 cm³/mol. The number of aromatic nitrogens is 1. The third kappa shape index (κ3) is 7.80. The number of ether oxygens (including phenoxy) is 1. The molecule has 1 aromatic rings. The maximum absolute atomic E-state index is 5.70. The Hall–Kier alpha value is -0.410. The fourth-order valence-corrected chi connectivity index (χ4v) is 2.79. The second-order valence-corrected chi connectivity index (χ2v) is 6.64. The maximum Gasteiger partial charge on any atom is 0.194 e. The maximum atomic E-state index is 5.70. The highest BCUT2D eigenvalue weighted by Gasteiger charge is 2.21. The number of thiazole rings is 1. The lowest BCUT2D eigenvalue weighted by molar-refractivity contribution is 0.115. The number of aliphatic imine (C=N–C) groups is 1. The summed E-state index contributed by atoms with van der Waals surface area (Å²) in [5, 5.41) is 6.61. The number of aryl methyl sites for hydroxylation is 1. The quantitative estimate of drug-likeness (QED) is 0.271. The molecule has 1 aliphatic rings. The summed E-state index contributed by atoms with van der Waals surface area (Å²) >= 11 is 1.71. The van der Waals surface area contributed by atoms with Crippen LogP contribution in [0.4, 0.5) is 0 Å². The summed E-state index contributed by atoms with van der Waals surface area (Å²) in [6, 6.07) is 0. The normalized spacial score (nSPS) is 14.5. The van der Waals surface area contributed by atoms with Gasteiger partial charge < -0.3 is 15.0 Å². The molecule has 1 aliphatic carbocycles. The van der Waals surface area contributed by atoms with Gasteiger partial charge in [0.15, 0.2) is 5.96 Å². The second kappa shape index (κ2) is 11.2. The Morgan fingerprint density at radius 1 is 1.48 bits per heavy atom. The smallest absolute Gasteiger partial charge is 0.194 e. The van der Waals surface area contributed by atoms with Gasteiger partial charge in [0.05, 0.1) is 23.9 Å². The van der Waals surface area contributed by atoms with Crippen molar-refractivity contribution in [3.05, 3.63) is 16.1 Å². The summed E-state index contributed by atoms with van der Waals surface area (Å²) in [6.45, 7) is 8.25. The first kappa shape index (κ1) is 20.6. The lowest BCUT2D eigenvalue weighted by Gasteiger charge is -2.21. The monoisotopic (exact) mass is 452 g/mol. The summed E-state index contributed by atoms with van der Waals surface area (Å²) < 4.78 is 5.70. The fraction of sp³-hybridized carbons (Fsp3) is 0.750. The molecule has 23 heavy (non-hydrogen) atoms. The largest absolute Gasteiger partial charge is 0.379 e. The van der Waals surface area contributed by atoms with Crippen LogP contribution < -0.4 is 5.32 Å². The number of rotatable bonds is 9. The Morgan fingerprint density at radius 3 is 2.87 bits per heavy atom. The Kier molecular flexibility index (Phi) is 10.0. The van der Waals surface area contributed by atoms with E-state index in [0.29, 0.717) is 6.54 Å². The van der Waals surface area contributed by atoms with Crippen molar-refractivity contribution in [2.75, 3.05) is 33.4 Å². The number of halogens is 1. The van der Waals surface area contributed by atoms with Gasteiger partial charge in [-0.2, -0.15) is 0 Å². The van der Waals surface area contributed by atoms with Crippen molar-refractivity contribution in [3.8, 4) is 0 Å². The van der Waals surface area contributed by atoms with Gasteiger partial charge in [-0.05, 0) is 32.1 Å². The Morgan fingerprint density at radius 2 is 2.26 bits per heavy atom. The zero-order valence-electron chi connectivity index (χ0n) is 14.4. The average molecular weight is 452 g/mol. The molecule has 1 heterocycles. The SMILES string of the molecule is CCNC(=NCc1csc(CC)n1)N(C)CCOCC1CC1.I. The van der Waals surface area contributed by atoms with E-state index in [1.165, 1.54) is 17.8 Å². The second-order valence-electron chi connectivity index (χ2n) is 5.70. The minimum Gasteiger partial charge on any atom is -0.379 e. The minimum absolute atomic E-state index is 0. The van der Waals surface area contributed by atoms with Crippen molar-refractivity contribution < 1.29 is 4.74 Å². The number of nitrogens with one attached hydrogen (secondary N) is 1. The van der Waals surface area contributed by atoms with E-state index in [0.717, 1.165) is 50.3 Å². The van der Waals surface area contributed by atoms with Crippen LogP contribution in [0.1, 0.15) is 37.4 Å². The molecule has 0 amide bonds. The van der Waals surface area contributed by atoms with Gasteiger partial charge >= 0.3 is 0 Å². The van der Waals surface area contributed by atoms with Crippen LogP contribution >= 0.6 is 35.3 Å². The molecule has 1 aromatic heterocycles. The van der Waals surface area contributed by atoms with Crippen LogP contribution in [-0.4, -0.2) is 49.2 Å². The topological polar surface area (TPSA) is 49.8 Å². The van der Waals surface area contributed by atoms with Crippen LogP contribution in [0, 0.1) is 5.92 Å². The molecule has 1 fully saturated rings. The Labute approximate surface area is 160 Å². The third-order valence-electron chi connectivity index (χ3n) is 3.61. The summed E-state index contributed by atoms with van der Waals surface area (Å²) in [5.74, 6) is 1.74.